The van der Waals surface area contributed by atoms with Gasteiger partial charge in [0.05, 0.1) is 6.10 Å². The Morgan fingerprint density at radius 1 is 1.21 bits per heavy atom. The highest BCUT2D eigenvalue weighted by molar-refractivity contribution is 7.15. The van der Waals surface area contributed by atoms with E-state index in [1.54, 1.807) is 31.6 Å². The Hall–Kier alpha value is -3.30. The Bertz CT molecular complexity index is 1300. The molecule has 4 aromatic rings. The standard InChI is InChI=1S/C25H28N6O2S/c1-3-19-14-28-25(34-19)30-24(32)17-6-4-15(5-7-17)20-21-22(26)27-12-13-31(21)23(29-20)16-8-10-18(33-2)11-9-16/h4-7,12-14,16,18H,3,8-11H2,1-2H3,(H2,26,27)(H,28,30,32). The second kappa shape index (κ2) is 9.52. The Morgan fingerprint density at radius 2 is 1.97 bits per heavy atom. The molecule has 0 bridgehead atoms. The van der Waals surface area contributed by atoms with Crippen molar-refractivity contribution in [2.75, 3.05) is 18.2 Å². The number of hydrogen-bond donors (Lipinski definition) is 2. The number of anilines is 2. The summed E-state index contributed by atoms with van der Waals surface area (Å²) in [6.07, 6.45) is 10.8. The van der Waals surface area contributed by atoms with Crippen molar-refractivity contribution < 1.29 is 9.53 Å². The van der Waals surface area contributed by atoms with Crippen LogP contribution in [-0.2, 0) is 11.2 Å². The van der Waals surface area contributed by atoms with Gasteiger partial charge in [-0.15, -0.1) is 11.3 Å². The van der Waals surface area contributed by atoms with Crippen LogP contribution in [0.3, 0.4) is 0 Å². The van der Waals surface area contributed by atoms with E-state index < -0.39 is 0 Å². The number of ether oxygens (including phenoxy) is 1. The van der Waals surface area contributed by atoms with Gasteiger partial charge in [0.15, 0.2) is 5.13 Å². The number of carbonyl (C=O) groups is 1. The van der Waals surface area contributed by atoms with Gasteiger partial charge in [0, 0.05) is 47.6 Å². The fourth-order valence-corrected chi connectivity index (χ4v) is 5.36. The Kier molecular flexibility index (Phi) is 6.30. The SMILES string of the molecule is CCc1cnc(NC(=O)c2ccc(-c3nc(C4CCC(OC)CC4)n4ccnc(N)c34)cc2)s1. The number of imidazole rings is 1. The van der Waals surface area contributed by atoms with Crippen molar-refractivity contribution in [3.63, 3.8) is 0 Å². The fraction of sp³-hybridized carbons (Fsp3) is 0.360. The van der Waals surface area contributed by atoms with E-state index in [-0.39, 0.29) is 5.91 Å². The van der Waals surface area contributed by atoms with Crippen LogP contribution in [0.25, 0.3) is 16.8 Å². The maximum Gasteiger partial charge on any atom is 0.257 e. The van der Waals surface area contributed by atoms with Crippen LogP contribution in [0.1, 0.15) is 59.6 Å². The van der Waals surface area contributed by atoms with Gasteiger partial charge in [-0.2, -0.15) is 0 Å². The van der Waals surface area contributed by atoms with Gasteiger partial charge in [0.1, 0.15) is 22.9 Å². The molecule has 1 fully saturated rings. The van der Waals surface area contributed by atoms with Crippen LogP contribution >= 0.6 is 11.3 Å². The topological polar surface area (TPSA) is 107 Å². The summed E-state index contributed by atoms with van der Waals surface area (Å²) in [5, 5.41) is 3.48. The van der Waals surface area contributed by atoms with Crippen molar-refractivity contribution >= 4 is 33.7 Å². The normalized spacial score (nSPS) is 18.3. The fourth-order valence-electron chi connectivity index (χ4n) is 4.61. The van der Waals surface area contributed by atoms with Crippen molar-refractivity contribution in [2.45, 2.75) is 51.0 Å². The number of hydrogen-bond acceptors (Lipinski definition) is 7. The van der Waals surface area contributed by atoms with E-state index in [1.165, 1.54) is 11.3 Å². The van der Waals surface area contributed by atoms with Crippen molar-refractivity contribution in [2.24, 2.45) is 0 Å². The van der Waals surface area contributed by atoms with Crippen LogP contribution in [0, 0.1) is 0 Å². The molecule has 1 amide bonds. The van der Waals surface area contributed by atoms with E-state index in [1.807, 2.05) is 18.3 Å². The third-order valence-electron chi connectivity index (χ3n) is 6.53. The second-order valence-corrected chi connectivity index (χ2v) is 9.69. The third kappa shape index (κ3) is 4.28. The molecule has 0 spiro atoms. The van der Waals surface area contributed by atoms with E-state index in [0.29, 0.717) is 28.5 Å². The summed E-state index contributed by atoms with van der Waals surface area (Å²) >= 11 is 1.49. The number of nitrogens with zero attached hydrogens (tertiary/aromatic N) is 4. The highest BCUT2D eigenvalue weighted by Crippen LogP contribution is 2.37. The van der Waals surface area contributed by atoms with Crippen molar-refractivity contribution in [3.8, 4) is 11.3 Å². The number of rotatable bonds is 6. The smallest absolute Gasteiger partial charge is 0.257 e. The molecule has 9 heteroatoms. The first-order valence-electron chi connectivity index (χ1n) is 11.6. The van der Waals surface area contributed by atoms with Crippen LogP contribution in [0.5, 0.6) is 0 Å². The minimum Gasteiger partial charge on any atom is -0.382 e. The minimum atomic E-state index is -0.185. The van der Waals surface area contributed by atoms with Gasteiger partial charge >= 0.3 is 0 Å². The maximum absolute atomic E-state index is 12.7. The Labute approximate surface area is 202 Å². The molecule has 0 atom stereocenters. The van der Waals surface area contributed by atoms with Crippen LogP contribution in [0.2, 0.25) is 0 Å². The van der Waals surface area contributed by atoms with Crippen LogP contribution in [-0.4, -0.2) is 38.5 Å². The summed E-state index contributed by atoms with van der Waals surface area (Å²) in [6, 6.07) is 7.43. The predicted octanol–water partition coefficient (Wildman–Crippen LogP) is 4.92. The van der Waals surface area contributed by atoms with Gasteiger partial charge < -0.3 is 10.5 Å². The molecule has 34 heavy (non-hydrogen) atoms. The summed E-state index contributed by atoms with van der Waals surface area (Å²) in [5.74, 6) is 1.60. The molecular formula is C25H28N6O2S. The first-order chi connectivity index (χ1) is 16.6. The molecule has 3 N–H and O–H groups in total. The quantitative estimate of drug-likeness (QED) is 0.409. The molecule has 1 aromatic carbocycles. The number of aryl methyl sites for hydroxylation is 1. The molecule has 1 saturated carbocycles. The molecule has 1 aliphatic carbocycles. The average molecular weight is 477 g/mol. The number of aromatic nitrogens is 4. The molecule has 176 valence electrons. The second-order valence-electron chi connectivity index (χ2n) is 8.58. The van der Waals surface area contributed by atoms with Gasteiger partial charge in [-0.1, -0.05) is 19.1 Å². The number of methoxy groups -OCH3 is 1. The summed E-state index contributed by atoms with van der Waals surface area (Å²) < 4.78 is 7.61. The number of nitrogens with two attached hydrogens (primary N) is 1. The van der Waals surface area contributed by atoms with E-state index in [2.05, 4.69) is 26.6 Å². The lowest BCUT2D eigenvalue weighted by atomic mass is 9.87. The molecule has 0 saturated heterocycles. The number of carbonyl (C=O) groups excluding carboxylic acids is 1. The lowest BCUT2D eigenvalue weighted by molar-refractivity contribution is 0.0650. The van der Waals surface area contributed by atoms with Gasteiger partial charge in [-0.05, 0) is 44.2 Å². The number of amides is 1. The monoisotopic (exact) mass is 476 g/mol. The van der Waals surface area contributed by atoms with E-state index in [4.69, 9.17) is 15.5 Å². The number of benzene rings is 1. The van der Waals surface area contributed by atoms with Crippen LogP contribution < -0.4 is 11.1 Å². The summed E-state index contributed by atoms with van der Waals surface area (Å²) in [7, 11) is 1.78. The molecule has 0 radical (unpaired) electrons. The van der Waals surface area contributed by atoms with Crippen molar-refractivity contribution in [1.82, 2.24) is 19.4 Å². The highest BCUT2D eigenvalue weighted by atomic mass is 32.1. The molecule has 8 nitrogen and oxygen atoms in total. The highest BCUT2D eigenvalue weighted by Gasteiger charge is 2.27. The molecule has 3 heterocycles. The maximum atomic E-state index is 12.7. The van der Waals surface area contributed by atoms with Crippen molar-refractivity contribution in [1.29, 1.82) is 0 Å². The zero-order chi connectivity index (χ0) is 23.7. The van der Waals surface area contributed by atoms with Gasteiger partial charge in [0.2, 0.25) is 0 Å². The predicted molar refractivity (Wildman–Crippen MR) is 134 cm³/mol. The summed E-state index contributed by atoms with van der Waals surface area (Å²) in [6.45, 7) is 2.07. The van der Waals surface area contributed by atoms with Gasteiger partial charge in [0.25, 0.3) is 5.91 Å². The number of nitrogen functional groups attached to an aromatic ring is 1. The zero-order valence-corrected chi connectivity index (χ0v) is 20.1. The molecule has 1 aliphatic rings. The summed E-state index contributed by atoms with van der Waals surface area (Å²) in [4.78, 5) is 27.4. The third-order valence-corrected chi connectivity index (χ3v) is 7.58. The van der Waals surface area contributed by atoms with E-state index in [0.717, 1.165) is 59.6 Å². The van der Waals surface area contributed by atoms with E-state index in [9.17, 15) is 4.79 Å². The van der Waals surface area contributed by atoms with Crippen molar-refractivity contribution in [3.05, 3.63) is 59.1 Å². The number of thiazole rings is 1. The number of nitrogens with one attached hydrogen (secondary N) is 1. The molecular weight excluding hydrogens is 448 g/mol. The van der Waals surface area contributed by atoms with Gasteiger partial charge in [-0.25, -0.2) is 15.0 Å². The number of fused-ring (bicyclic) bond motifs is 1. The molecule has 0 aliphatic heterocycles. The largest absolute Gasteiger partial charge is 0.382 e. The summed E-state index contributed by atoms with van der Waals surface area (Å²) in [5.41, 5.74) is 9.34. The van der Waals surface area contributed by atoms with Crippen LogP contribution in [0.15, 0.2) is 42.9 Å². The Balaban J connectivity index is 1.43. The lowest BCUT2D eigenvalue weighted by Crippen LogP contribution is -2.20. The van der Waals surface area contributed by atoms with Crippen LogP contribution in [0.4, 0.5) is 10.9 Å². The minimum absolute atomic E-state index is 0.185. The first kappa shape index (κ1) is 22.5. The lowest BCUT2D eigenvalue weighted by Gasteiger charge is -2.26. The Morgan fingerprint density at radius 3 is 2.65 bits per heavy atom. The molecule has 0 unspecified atom stereocenters. The first-order valence-corrected chi connectivity index (χ1v) is 12.4. The average Bonchev–Trinajstić information content (AvgIpc) is 3.49. The van der Waals surface area contributed by atoms with Gasteiger partial charge in [-0.3, -0.25) is 14.5 Å². The molecule has 5 rings (SSSR count). The van der Waals surface area contributed by atoms with E-state index >= 15 is 0 Å². The zero-order valence-electron chi connectivity index (χ0n) is 19.3. The molecule has 3 aromatic heterocycles.